The van der Waals surface area contributed by atoms with Gasteiger partial charge in [0.05, 0.1) is 18.4 Å². The molecule has 0 N–H and O–H groups in total. The molecule has 0 spiro atoms. The van der Waals surface area contributed by atoms with E-state index in [9.17, 15) is 4.79 Å². The van der Waals surface area contributed by atoms with Gasteiger partial charge in [0.15, 0.2) is 17.3 Å². The molecule has 3 rings (SSSR count). The zero-order valence-corrected chi connectivity index (χ0v) is 10.2. The summed E-state index contributed by atoms with van der Waals surface area (Å²) >= 11 is 0. The van der Waals surface area contributed by atoms with Crippen molar-refractivity contribution < 1.29 is 23.5 Å². The summed E-state index contributed by atoms with van der Waals surface area (Å²) in [6.45, 7) is 2.17. The van der Waals surface area contributed by atoms with Gasteiger partial charge in [0.1, 0.15) is 5.56 Å². The van der Waals surface area contributed by atoms with Crippen LogP contribution in [0.25, 0.3) is 11.3 Å². The summed E-state index contributed by atoms with van der Waals surface area (Å²) in [5.74, 6) is 1.00. The molecule has 98 valence electrons. The van der Waals surface area contributed by atoms with Crippen molar-refractivity contribution in [1.82, 2.24) is 5.16 Å². The molecule has 0 unspecified atom stereocenters. The van der Waals surface area contributed by atoms with Crippen molar-refractivity contribution in [3.05, 3.63) is 30.0 Å². The van der Waals surface area contributed by atoms with E-state index in [-0.39, 0.29) is 19.0 Å². The van der Waals surface area contributed by atoms with Crippen LogP contribution in [0.2, 0.25) is 0 Å². The van der Waals surface area contributed by atoms with E-state index in [1.807, 2.05) is 0 Å². The first-order chi connectivity index (χ1) is 9.31. The number of rotatable bonds is 3. The molecule has 0 aliphatic carbocycles. The highest BCUT2D eigenvalue weighted by Crippen LogP contribution is 2.42. The molecule has 0 saturated heterocycles. The second-order valence-electron chi connectivity index (χ2n) is 3.83. The summed E-state index contributed by atoms with van der Waals surface area (Å²) in [6.07, 6.45) is 1.34. The van der Waals surface area contributed by atoms with Crippen LogP contribution in [-0.2, 0) is 4.74 Å². The Morgan fingerprint density at radius 2 is 2.32 bits per heavy atom. The van der Waals surface area contributed by atoms with Crippen LogP contribution >= 0.6 is 0 Å². The predicted octanol–water partition coefficient (Wildman–Crippen LogP) is 2.25. The van der Waals surface area contributed by atoms with Crippen molar-refractivity contribution in [2.45, 2.75) is 6.92 Å². The molecule has 1 aromatic heterocycles. The maximum Gasteiger partial charge on any atom is 0.343 e. The van der Waals surface area contributed by atoms with E-state index in [4.69, 9.17) is 18.7 Å². The van der Waals surface area contributed by atoms with Gasteiger partial charge in [-0.1, -0.05) is 11.2 Å². The monoisotopic (exact) mass is 261 g/mol. The Balaban J connectivity index is 2.06. The number of fused-ring (bicyclic) bond motifs is 1. The first-order valence-corrected chi connectivity index (χ1v) is 5.82. The van der Waals surface area contributed by atoms with Crippen LogP contribution in [0, 0.1) is 0 Å². The summed E-state index contributed by atoms with van der Waals surface area (Å²) in [7, 11) is 0. The Kier molecular flexibility index (Phi) is 2.83. The fourth-order valence-electron chi connectivity index (χ4n) is 1.90. The molecular weight excluding hydrogens is 250 g/mol. The lowest BCUT2D eigenvalue weighted by molar-refractivity contribution is 0.0527. The normalized spacial score (nSPS) is 12.5. The topological polar surface area (TPSA) is 70.8 Å². The molecule has 0 atom stereocenters. The Bertz CT molecular complexity index is 619. The van der Waals surface area contributed by atoms with Gasteiger partial charge in [0.2, 0.25) is 6.79 Å². The van der Waals surface area contributed by atoms with Crippen LogP contribution in [0.1, 0.15) is 17.3 Å². The first-order valence-electron chi connectivity index (χ1n) is 5.82. The van der Waals surface area contributed by atoms with Gasteiger partial charge in [-0.2, -0.15) is 0 Å². The Labute approximate surface area is 108 Å². The lowest BCUT2D eigenvalue weighted by Gasteiger charge is -2.04. The van der Waals surface area contributed by atoms with E-state index < -0.39 is 5.97 Å². The number of aromatic nitrogens is 1. The Morgan fingerprint density at radius 1 is 1.42 bits per heavy atom. The number of carbonyl (C=O) groups excluding carboxylic acids is 1. The van der Waals surface area contributed by atoms with Crippen LogP contribution in [0.3, 0.4) is 0 Å². The van der Waals surface area contributed by atoms with Gasteiger partial charge >= 0.3 is 5.97 Å². The van der Waals surface area contributed by atoms with Crippen molar-refractivity contribution in [2.24, 2.45) is 0 Å². The molecule has 19 heavy (non-hydrogen) atoms. The summed E-state index contributed by atoms with van der Waals surface area (Å²) in [4.78, 5) is 11.8. The van der Waals surface area contributed by atoms with E-state index in [1.165, 1.54) is 6.20 Å². The minimum absolute atomic E-state index is 0.148. The zero-order chi connectivity index (χ0) is 13.2. The third-order valence-electron chi connectivity index (χ3n) is 2.71. The third-order valence-corrected chi connectivity index (χ3v) is 2.71. The maximum atomic E-state index is 11.8. The molecule has 0 saturated carbocycles. The molecule has 0 bridgehead atoms. The molecule has 0 amide bonds. The van der Waals surface area contributed by atoms with E-state index >= 15 is 0 Å². The summed E-state index contributed by atoms with van der Waals surface area (Å²) in [5.41, 5.74) is 0.890. The third kappa shape index (κ3) is 1.91. The number of hydrogen-bond acceptors (Lipinski definition) is 6. The Morgan fingerprint density at radius 3 is 3.16 bits per heavy atom. The number of esters is 1. The highest BCUT2D eigenvalue weighted by atomic mass is 16.7. The molecule has 1 aromatic carbocycles. The van der Waals surface area contributed by atoms with Crippen LogP contribution in [0.4, 0.5) is 0 Å². The molecular formula is C13H11NO5. The van der Waals surface area contributed by atoms with Gasteiger partial charge in [0.25, 0.3) is 0 Å². The largest absolute Gasteiger partial charge is 0.462 e. The minimum atomic E-state index is -0.477. The summed E-state index contributed by atoms with van der Waals surface area (Å²) in [6, 6.07) is 5.35. The minimum Gasteiger partial charge on any atom is -0.462 e. The second kappa shape index (κ2) is 4.64. The fraction of sp³-hybridized carbons (Fsp3) is 0.231. The van der Waals surface area contributed by atoms with Crippen molar-refractivity contribution >= 4 is 5.97 Å². The van der Waals surface area contributed by atoms with E-state index in [0.717, 1.165) is 0 Å². The van der Waals surface area contributed by atoms with Crippen molar-refractivity contribution in [2.75, 3.05) is 13.4 Å². The maximum absolute atomic E-state index is 11.8. The molecule has 6 nitrogen and oxygen atoms in total. The molecule has 2 heterocycles. The van der Waals surface area contributed by atoms with Crippen LogP contribution in [-0.4, -0.2) is 24.5 Å². The molecule has 1 aliphatic heterocycles. The number of benzene rings is 1. The summed E-state index contributed by atoms with van der Waals surface area (Å²) in [5, 5.41) is 3.66. The van der Waals surface area contributed by atoms with E-state index in [0.29, 0.717) is 22.8 Å². The van der Waals surface area contributed by atoms with E-state index in [1.54, 1.807) is 25.1 Å². The lowest BCUT2D eigenvalue weighted by Crippen LogP contribution is -2.04. The summed E-state index contributed by atoms with van der Waals surface area (Å²) < 4.78 is 20.8. The number of para-hydroxylation sites is 1. The number of ether oxygens (including phenoxy) is 3. The van der Waals surface area contributed by atoms with Crippen molar-refractivity contribution in [3.8, 4) is 22.8 Å². The van der Waals surface area contributed by atoms with Gasteiger partial charge in [-0.05, 0) is 19.1 Å². The average molecular weight is 261 g/mol. The van der Waals surface area contributed by atoms with Crippen LogP contribution in [0.15, 0.2) is 28.9 Å². The highest BCUT2D eigenvalue weighted by molar-refractivity contribution is 5.96. The average Bonchev–Trinajstić information content (AvgIpc) is 3.07. The van der Waals surface area contributed by atoms with Gasteiger partial charge in [-0.25, -0.2) is 4.79 Å². The SMILES string of the molecule is CCOC(=O)c1cnoc1-c1cccc2c1OCO2. The highest BCUT2D eigenvalue weighted by Gasteiger charge is 2.25. The van der Waals surface area contributed by atoms with Crippen molar-refractivity contribution in [3.63, 3.8) is 0 Å². The number of hydrogen-bond donors (Lipinski definition) is 0. The Hall–Kier alpha value is -2.50. The first kappa shape index (κ1) is 11.6. The van der Waals surface area contributed by atoms with Gasteiger partial charge in [-0.15, -0.1) is 0 Å². The molecule has 0 radical (unpaired) electrons. The molecule has 0 fully saturated rings. The predicted molar refractivity (Wildman–Crippen MR) is 64.0 cm³/mol. The fourth-order valence-corrected chi connectivity index (χ4v) is 1.90. The van der Waals surface area contributed by atoms with Crippen LogP contribution in [0.5, 0.6) is 11.5 Å². The molecule has 6 heteroatoms. The quantitative estimate of drug-likeness (QED) is 0.789. The second-order valence-corrected chi connectivity index (χ2v) is 3.83. The zero-order valence-electron chi connectivity index (χ0n) is 10.2. The molecule has 2 aromatic rings. The smallest absolute Gasteiger partial charge is 0.343 e. The molecule has 1 aliphatic rings. The number of nitrogens with zero attached hydrogens (tertiary/aromatic N) is 1. The van der Waals surface area contributed by atoms with Crippen molar-refractivity contribution in [1.29, 1.82) is 0 Å². The standard InChI is InChI=1S/C13H11NO5/c1-2-16-13(15)9-6-14-19-11(9)8-4-3-5-10-12(8)18-7-17-10/h3-6H,2,7H2,1H3. The van der Waals surface area contributed by atoms with Gasteiger partial charge in [0, 0.05) is 0 Å². The van der Waals surface area contributed by atoms with Gasteiger partial charge < -0.3 is 18.7 Å². The van der Waals surface area contributed by atoms with Crippen LogP contribution < -0.4 is 9.47 Å². The van der Waals surface area contributed by atoms with E-state index in [2.05, 4.69) is 5.16 Å². The lowest BCUT2D eigenvalue weighted by atomic mass is 10.1. The number of carbonyl (C=O) groups is 1. The van der Waals surface area contributed by atoms with Gasteiger partial charge in [-0.3, -0.25) is 0 Å².